The van der Waals surface area contributed by atoms with E-state index in [0.29, 0.717) is 24.6 Å². The number of carbonyl (C=O) groups excluding carboxylic acids is 1. The second-order valence-corrected chi connectivity index (χ2v) is 6.02. The molecule has 0 saturated carbocycles. The molecule has 1 aliphatic heterocycles. The molecule has 1 aromatic rings. The summed E-state index contributed by atoms with van der Waals surface area (Å²) in [6, 6.07) is 5.71. The van der Waals surface area contributed by atoms with E-state index in [9.17, 15) is 9.59 Å². The number of carbonyl (C=O) groups is 2. The van der Waals surface area contributed by atoms with Crippen molar-refractivity contribution in [3.8, 4) is 0 Å². The Labute approximate surface area is 122 Å². The van der Waals surface area contributed by atoms with Crippen molar-refractivity contribution in [2.45, 2.75) is 12.7 Å². The van der Waals surface area contributed by atoms with Crippen LogP contribution in [0.15, 0.2) is 24.4 Å². The van der Waals surface area contributed by atoms with E-state index in [2.05, 4.69) is 4.98 Å². The van der Waals surface area contributed by atoms with Gasteiger partial charge in [-0.05, 0) is 18.1 Å². The van der Waals surface area contributed by atoms with Crippen LogP contribution in [-0.2, 0) is 15.3 Å². The third-order valence-corrected chi connectivity index (χ3v) is 4.43. The molecule has 108 valence electrons. The van der Waals surface area contributed by atoms with Gasteiger partial charge in [-0.15, -0.1) is 11.8 Å². The van der Waals surface area contributed by atoms with Gasteiger partial charge in [-0.1, -0.05) is 13.0 Å². The molecule has 20 heavy (non-hydrogen) atoms. The fourth-order valence-electron chi connectivity index (χ4n) is 2.31. The Morgan fingerprint density at radius 1 is 1.45 bits per heavy atom. The predicted molar refractivity (Wildman–Crippen MR) is 77.3 cm³/mol. The van der Waals surface area contributed by atoms with Gasteiger partial charge in [0.25, 0.3) is 0 Å². The number of amides is 1. The van der Waals surface area contributed by atoms with Crippen LogP contribution in [0.5, 0.6) is 0 Å². The highest BCUT2D eigenvalue weighted by Gasteiger charge is 2.36. The number of aromatic nitrogens is 1. The van der Waals surface area contributed by atoms with Crippen molar-refractivity contribution >= 4 is 23.6 Å². The van der Waals surface area contributed by atoms with Gasteiger partial charge < -0.3 is 10.0 Å². The lowest BCUT2D eigenvalue weighted by Crippen LogP contribution is -2.31. The molecule has 0 bridgehead atoms. The number of hydrogen-bond donors (Lipinski definition) is 1. The molecule has 1 saturated heterocycles. The van der Waals surface area contributed by atoms with Crippen LogP contribution in [0.4, 0.5) is 0 Å². The van der Waals surface area contributed by atoms with Crippen molar-refractivity contribution in [3.05, 3.63) is 30.1 Å². The number of nitrogens with zero attached hydrogens (tertiary/aromatic N) is 2. The lowest BCUT2D eigenvalue weighted by molar-refractivity contribution is -0.142. The molecule has 2 atom stereocenters. The minimum Gasteiger partial charge on any atom is -0.481 e. The first kappa shape index (κ1) is 14.8. The summed E-state index contributed by atoms with van der Waals surface area (Å²) in [5.41, 5.74) is 0.948. The van der Waals surface area contributed by atoms with Crippen LogP contribution in [0.2, 0.25) is 0 Å². The summed E-state index contributed by atoms with van der Waals surface area (Å²) in [5, 5.41) is 9.06. The van der Waals surface area contributed by atoms with Crippen LogP contribution in [-0.4, -0.2) is 45.7 Å². The summed E-state index contributed by atoms with van der Waals surface area (Å²) < 4.78 is 0. The molecule has 1 aliphatic rings. The Bertz CT molecular complexity index is 481. The largest absolute Gasteiger partial charge is 0.481 e. The van der Waals surface area contributed by atoms with Crippen LogP contribution < -0.4 is 0 Å². The smallest absolute Gasteiger partial charge is 0.308 e. The minimum absolute atomic E-state index is 0.0153. The van der Waals surface area contributed by atoms with E-state index in [1.807, 2.05) is 25.1 Å². The van der Waals surface area contributed by atoms with Crippen LogP contribution in [0.25, 0.3) is 0 Å². The number of carboxylic acids is 1. The van der Waals surface area contributed by atoms with Gasteiger partial charge in [-0.25, -0.2) is 0 Å². The zero-order valence-corrected chi connectivity index (χ0v) is 12.2. The zero-order valence-electron chi connectivity index (χ0n) is 11.4. The average molecular weight is 294 g/mol. The summed E-state index contributed by atoms with van der Waals surface area (Å²) in [5.74, 6) is -0.138. The number of aliphatic carboxylic acids is 1. The monoisotopic (exact) mass is 294 g/mol. The number of likely N-dealkylation sites (tertiary alicyclic amines) is 1. The molecule has 6 heteroatoms. The average Bonchev–Trinajstić information content (AvgIpc) is 2.82. The normalized spacial score (nSPS) is 21.9. The zero-order chi connectivity index (χ0) is 14.5. The summed E-state index contributed by atoms with van der Waals surface area (Å²) in [7, 11) is 0. The van der Waals surface area contributed by atoms with Crippen LogP contribution in [0, 0.1) is 11.8 Å². The molecule has 0 unspecified atom stereocenters. The predicted octanol–water partition coefficient (Wildman–Crippen LogP) is 1.49. The van der Waals surface area contributed by atoms with Gasteiger partial charge in [0.05, 0.1) is 17.4 Å². The Hall–Kier alpha value is -1.56. The molecular weight excluding hydrogens is 276 g/mol. The standard InChI is InChI=1S/C14H18N2O3S/c1-10-6-16(7-12(10)14(18)19)13(17)9-20-8-11-4-2-3-5-15-11/h2-5,10,12H,6-9H2,1H3,(H,18,19)/t10-,12-/m1/s1. The van der Waals surface area contributed by atoms with Crippen LogP contribution >= 0.6 is 11.8 Å². The number of carboxylic acid groups (broad SMARTS) is 1. The molecule has 1 N–H and O–H groups in total. The van der Waals surface area contributed by atoms with Crippen molar-refractivity contribution in [1.82, 2.24) is 9.88 Å². The third-order valence-electron chi connectivity index (χ3n) is 3.48. The molecule has 0 spiro atoms. The molecule has 2 heterocycles. The second-order valence-electron chi connectivity index (χ2n) is 5.03. The first-order valence-electron chi connectivity index (χ1n) is 6.56. The summed E-state index contributed by atoms with van der Waals surface area (Å²) in [4.78, 5) is 28.9. The fourth-order valence-corrected chi connectivity index (χ4v) is 3.15. The lowest BCUT2D eigenvalue weighted by atomic mass is 9.99. The summed E-state index contributed by atoms with van der Waals surface area (Å²) >= 11 is 1.51. The maximum absolute atomic E-state index is 12.0. The van der Waals surface area contributed by atoms with Gasteiger partial charge in [-0.2, -0.15) is 0 Å². The number of thioether (sulfide) groups is 1. The maximum atomic E-state index is 12.0. The summed E-state index contributed by atoms with van der Waals surface area (Å²) in [6.45, 7) is 2.76. The van der Waals surface area contributed by atoms with E-state index in [4.69, 9.17) is 5.11 Å². The van der Waals surface area contributed by atoms with Crippen molar-refractivity contribution in [2.75, 3.05) is 18.8 Å². The quantitative estimate of drug-likeness (QED) is 0.891. The molecule has 0 aliphatic carbocycles. The van der Waals surface area contributed by atoms with Gasteiger partial charge in [0.1, 0.15) is 0 Å². The number of rotatable bonds is 5. The Morgan fingerprint density at radius 3 is 2.85 bits per heavy atom. The molecule has 1 aromatic heterocycles. The maximum Gasteiger partial charge on any atom is 0.308 e. The van der Waals surface area contributed by atoms with Crippen molar-refractivity contribution in [1.29, 1.82) is 0 Å². The summed E-state index contributed by atoms with van der Waals surface area (Å²) in [6.07, 6.45) is 1.73. The number of hydrogen-bond acceptors (Lipinski definition) is 4. The van der Waals surface area contributed by atoms with Crippen molar-refractivity contribution in [3.63, 3.8) is 0 Å². The molecule has 1 fully saturated rings. The molecular formula is C14H18N2O3S. The second kappa shape index (κ2) is 6.74. The molecule has 0 radical (unpaired) electrons. The first-order valence-corrected chi connectivity index (χ1v) is 7.71. The third kappa shape index (κ3) is 3.72. The van der Waals surface area contributed by atoms with Crippen molar-refractivity contribution in [2.24, 2.45) is 11.8 Å². The van der Waals surface area contributed by atoms with E-state index < -0.39 is 11.9 Å². The van der Waals surface area contributed by atoms with Crippen LogP contribution in [0.1, 0.15) is 12.6 Å². The van der Waals surface area contributed by atoms with Crippen LogP contribution in [0.3, 0.4) is 0 Å². The fraction of sp³-hybridized carbons (Fsp3) is 0.500. The highest BCUT2D eigenvalue weighted by molar-refractivity contribution is 7.99. The van der Waals surface area contributed by atoms with Gasteiger partial charge in [0, 0.05) is 25.0 Å². The number of pyridine rings is 1. The highest BCUT2D eigenvalue weighted by atomic mass is 32.2. The van der Waals surface area contributed by atoms with Crippen molar-refractivity contribution < 1.29 is 14.7 Å². The molecule has 5 nitrogen and oxygen atoms in total. The van der Waals surface area contributed by atoms with E-state index in [1.54, 1.807) is 11.1 Å². The SMILES string of the molecule is C[C@@H]1CN(C(=O)CSCc2ccccn2)C[C@H]1C(=O)O. The van der Waals surface area contributed by atoms with E-state index in [1.165, 1.54) is 11.8 Å². The Morgan fingerprint density at radius 2 is 2.25 bits per heavy atom. The first-order chi connectivity index (χ1) is 9.58. The van der Waals surface area contributed by atoms with E-state index in [0.717, 1.165) is 5.69 Å². The lowest BCUT2D eigenvalue weighted by Gasteiger charge is -2.15. The molecule has 0 aromatic carbocycles. The molecule has 2 rings (SSSR count). The highest BCUT2D eigenvalue weighted by Crippen LogP contribution is 2.24. The Balaban J connectivity index is 1.77. The Kier molecular flexibility index (Phi) is 5.00. The minimum atomic E-state index is -0.811. The van der Waals surface area contributed by atoms with Gasteiger partial charge in [0.15, 0.2) is 0 Å². The van der Waals surface area contributed by atoms with E-state index >= 15 is 0 Å². The van der Waals surface area contributed by atoms with E-state index in [-0.39, 0.29) is 11.8 Å². The molecule has 1 amide bonds. The topological polar surface area (TPSA) is 70.5 Å². The van der Waals surface area contributed by atoms with Gasteiger partial charge >= 0.3 is 5.97 Å². The van der Waals surface area contributed by atoms with Gasteiger partial charge in [0.2, 0.25) is 5.91 Å². The van der Waals surface area contributed by atoms with Gasteiger partial charge in [-0.3, -0.25) is 14.6 Å².